The molecule has 0 radical (unpaired) electrons. The Morgan fingerprint density at radius 2 is 1.40 bits per heavy atom. The van der Waals surface area contributed by atoms with Crippen LogP contribution in [0.25, 0.3) is 33.4 Å². The first-order valence-corrected chi connectivity index (χ1v) is 15.4. The van der Waals surface area contributed by atoms with Crippen molar-refractivity contribution in [3.05, 3.63) is 125 Å². The Bertz CT molecular complexity index is 2130. The van der Waals surface area contributed by atoms with Gasteiger partial charge in [-0.1, -0.05) is 54.6 Å². The number of nitrogens with zero attached hydrogens (tertiary/aromatic N) is 1. The molecule has 1 heterocycles. The molecular formula is C35H32N4O3S. The quantitative estimate of drug-likeness (QED) is 0.106. The van der Waals surface area contributed by atoms with Crippen LogP contribution in [0.4, 0.5) is 17.1 Å². The Morgan fingerprint density at radius 1 is 0.721 bits per heavy atom. The second-order valence-corrected chi connectivity index (χ2v) is 12.4. The fourth-order valence-electron chi connectivity index (χ4n) is 5.55. The highest BCUT2D eigenvalue weighted by molar-refractivity contribution is 7.89. The van der Waals surface area contributed by atoms with Crippen LogP contribution in [0.15, 0.2) is 111 Å². The SMILES string of the molecule is Cc1cccc(C)c1/N=c1\ccc2c(-c3ccccc3S(=O)(=O)NN)c3ccc(Nc4c(C)cccc4C)cc3oc-2c1. The monoisotopic (exact) mass is 588 g/mol. The zero-order valence-electron chi connectivity index (χ0n) is 24.4. The fourth-order valence-corrected chi connectivity index (χ4v) is 6.40. The van der Waals surface area contributed by atoms with Crippen molar-refractivity contribution >= 4 is 38.1 Å². The summed E-state index contributed by atoms with van der Waals surface area (Å²) in [6.45, 7) is 8.21. The standard InChI is InChI=1S/C35H32N4O3S/c1-21-9-7-10-22(2)34(21)37-25-15-17-27-30(19-25)42-31-20-26(38-35-23(3)11-8-12-24(35)4)16-18-28(31)33(27)29-13-5-6-14-32(29)43(40,41)39-36/h5-20,37,39H,36H2,1-4H3/b38-26+. The Kier molecular flexibility index (Phi) is 7.35. The molecule has 0 unspecified atom stereocenters. The Morgan fingerprint density at radius 3 is 2.09 bits per heavy atom. The van der Waals surface area contributed by atoms with Crippen LogP contribution in [-0.2, 0) is 10.0 Å². The highest BCUT2D eigenvalue weighted by Crippen LogP contribution is 2.43. The summed E-state index contributed by atoms with van der Waals surface area (Å²) in [6.07, 6.45) is 0. The molecule has 1 aliphatic heterocycles. The number of nitrogens with one attached hydrogen (secondary N) is 2. The van der Waals surface area contributed by atoms with E-state index in [1.54, 1.807) is 18.2 Å². The maximum Gasteiger partial charge on any atom is 0.253 e. The zero-order valence-corrected chi connectivity index (χ0v) is 25.2. The number of benzene rings is 5. The molecule has 43 heavy (non-hydrogen) atoms. The van der Waals surface area contributed by atoms with Gasteiger partial charge in [-0.25, -0.2) is 13.4 Å². The van der Waals surface area contributed by atoms with Crippen LogP contribution in [0, 0.1) is 27.7 Å². The smallest absolute Gasteiger partial charge is 0.253 e. The third-order valence-electron chi connectivity index (χ3n) is 7.74. The predicted octanol–water partition coefficient (Wildman–Crippen LogP) is 7.57. The topological polar surface area (TPSA) is 110 Å². The van der Waals surface area contributed by atoms with Gasteiger partial charge in [-0.05, 0) is 80.3 Å². The van der Waals surface area contributed by atoms with Crippen molar-refractivity contribution < 1.29 is 12.8 Å². The molecule has 4 N–H and O–H groups in total. The van der Waals surface area contributed by atoms with Gasteiger partial charge >= 0.3 is 0 Å². The van der Waals surface area contributed by atoms with Gasteiger partial charge in [0, 0.05) is 45.6 Å². The van der Waals surface area contributed by atoms with Gasteiger partial charge in [0.05, 0.1) is 15.9 Å². The van der Waals surface area contributed by atoms with E-state index < -0.39 is 10.0 Å². The normalized spacial score (nSPS) is 12.3. The van der Waals surface area contributed by atoms with Crippen molar-refractivity contribution in [2.24, 2.45) is 10.8 Å². The van der Waals surface area contributed by atoms with Crippen LogP contribution in [0.3, 0.4) is 0 Å². The first kappa shape index (κ1) is 28.4. The van der Waals surface area contributed by atoms with Crippen molar-refractivity contribution in [2.75, 3.05) is 5.32 Å². The second kappa shape index (κ2) is 11.1. The van der Waals surface area contributed by atoms with E-state index in [0.29, 0.717) is 16.9 Å². The number of sulfonamides is 1. The van der Waals surface area contributed by atoms with Crippen LogP contribution in [0.1, 0.15) is 22.3 Å². The Labute approximate surface area is 251 Å². The van der Waals surface area contributed by atoms with Gasteiger partial charge in [-0.3, -0.25) is 5.84 Å². The molecule has 2 aliphatic rings. The summed E-state index contributed by atoms with van der Waals surface area (Å²) >= 11 is 0. The van der Waals surface area contributed by atoms with Crippen molar-refractivity contribution in [2.45, 2.75) is 32.6 Å². The van der Waals surface area contributed by atoms with Crippen LogP contribution in [-0.4, -0.2) is 8.42 Å². The highest BCUT2D eigenvalue weighted by atomic mass is 32.2. The van der Waals surface area contributed by atoms with E-state index in [1.807, 2.05) is 85.4 Å². The zero-order chi connectivity index (χ0) is 30.3. The highest BCUT2D eigenvalue weighted by Gasteiger charge is 2.24. The lowest BCUT2D eigenvalue weighted by atomic mass is 9.93. The number of para-hydroxylation sites is 2. The molecular weight excluding hydrogens is 556 g/mol. The molecule has 0 aromatic heterocycles. The first-order valence-electron chi connectivity index (χ1n) is 13.9. The van der Waals surface area contributed by atoms with Crippen molar-refractivity contribution in [3.8, 4) is 22.5 Å². The summed E-state index contributed by atoms with van der Waals surface area (Å²) in [4.78, 5) is 7.00. The number of fused-ring (bicyclic) bond motifs is 2. The molecule has 0 saturated carbocycles. The lowest BCUT2D eigenvalue weighted by Gasteiger charge is -2.19. The molecule has 1 aliphatic carbocycles. The minimum absolute atomic E-state index is 0.0772. The summed E-state index contributed by atoms with van der Waals surface area (Å²) < 4.78 is 32.6. The number of rotatable bonds is 6. The number of hydrogen-bond donors (Lipinski definition) is 3. The summed E-state index contributed by atoms with van der Waals surface area (Å²) in [5, 5.41) is 5.03. The molecule has 0 amide bonds. The summed E-state index contributed by atoms with van der Waals surface area (Å²) in [7, 11) is -3.96. The molecule has 0 saturated heterocycles. The maximum atomic E-state index is 13.0. The lowest BCUT2D eigenvalue weighted by molar-refractivity contribution is 0.584. The third-order valence-corrected chi connectivity index (χ3v) is 8.98. The molecule has 0 fully saturated rings. The molecule has 7 nitrogen and oxygen atoms in total. The Hall–Kier alpha value is -4.76. The number of anilines is 2. The number of hydrazine groups is 1. The van der Waals surface area contributed by atoms with Gasteiger partial charge < -0.3 is 9.73 Å². The average Bonchev–Trinajstić information content (AvgIpc) is 2.99. The third kappa shape index (κ3) is 5.32. The van der Waals surface area contributed by atoms with E-state index in [9.17, 15) is 8.42 Å². The minimum Gasteiger partial charge on any atom is -0.456 e. The van der Waals surface area contributed by atoms with Crippen LogP contribution >= 0.6 is 0 Å². The number of hydrogen-bond acceptors (Lipinski definition) is 6. The van der Waals surface area contributed by atoms with Gasteiger partial charge in [-0.2, -0.15) is 4.83 Å². The summed E-state index contributed by atoms with van der Waals surface area (Å²) in [5.41, 5.74) is 9.78. The van der Waals surface area contributed by atoms with E-state index in [-0.39, 0.29) is 4.90 Å². The first-order chi connectivity index (χ1) is 20.7. The van der Waals surface area contributed by atoms with Crippen molar-refractivity contribution in [3.63, 3.8) is 0 Å². The van der Waals surface area contributed by atoms with Crippen LogP contribution in [0.2, 0.25) is 0 Å². The second-order valence-electron chi connectivity index (χ2n) is 10.7. The van der Waals surface area contributed by atoms with Crippen LogP contribution in [0.5, 0.6) is 0 Å². The fraction of sp³-hybridized carbons (Fsp3) is 0.114. The van der Waals surface area contributed by atoms with Gasteiger partial charge in [0.25, 0.3) is 10.0 Å². The van der Waals surface area contributed by atoms with Gasteiger partial charge in [0.1, 0.15) is 11.3 Å². The molecule has 0 spiro atoms. The van der Waals surface area contributed by atoms with Gasteiger partial charge in [-0.15, -0.1) is 0 Å². The summed E-state index contributed by atoms with van der Waals surface area (Å²) in [6, 6.07) is 30.7. The number of nitrogens with two attached hydrogens (primary N) is 1. The van der Waals surface area contributed by atoms with Gasteiger partial charge in [0.15, 0.2) is 0 Å². The van der Waals surface area contributed by atoms with E-state index in [0.717, 1.165) is 61.2 Å². The molecule has 6 rings (SSSR count). The molecule has 216 valence electrons. The summed E-state index contributed by atoms with van der Waals surface area (Å²) in [5.74, 6) is 6.04. The minimum atomic E-state index is -3.96. The van der Waals surface area contributed by atoms with E-state index in [2.05, 4.69) is 31.3 Å². The Balaban J connectivity index is 1.64. The van der Waals surface area contributed by atoms with Gasteiger partial charge in [0.2, 0.25) is 0 Å². The van der Waals surface area contributed by atoms with Crippen molar-refractivity contribution in [1.82, 2.24) is 4.83 Å². The molecule has 4 aromatic rings. The van der Waals surface area contributed by atoms with Crippen LogP contribution < -0.4 is 21.3 Å². The van der Waals surface area contributed by atoms with E-state index in [4.69, 9.17) is 15.3 Å². The maximum absolute atomic E-state index is 13.0. The average molecular weight is 589 g/mol. The molecule has 8 heteroatoms. The van der Waals surface area contributed by atoms with E-state index >= 15 is 0 Å². The largest absolute Gasteiger partial charge is 0.456 e. The predicted molar refractivity (Wildman–Crippen MR) is 173 cm³/mol. The number of aryl methyl sites for hydroxylation is 4. The van der Waals surface area contributed by atoms with Crippen molar-refractivity contribution in [1.29, 1.82) is 0 Å². The molecule has 0 atom stereocenters. The van der Waals surface area contributed by atoms with E-state index in [1.165, 1.54) is 0 Å². The lowest BCUT2D eigenvalue weighted by Crippen LogP contribution is -2.30. The molecule has 4 aromatic carbocycles. The molecule has 0 bridgehead atoms.